The highest BCUT2D eigenvalue weighted by Gasteiger charge is 2.04. The zero-order valence-electron chi connectivity index (χ0n) is 16.9. The summed E-state index contributed by atoms with van der Waals surface area (Å²) in [5.74, 6) is -0.288. The second-order valence-electron chi connectivity index (χ2n) is 6.64. The average Bonchev–Trinajstić information content (AvgIpc) is 2.75. The molecule has 0 aliphatic carbocycles. The van der Waals surface area contributed by atoms with Crippen LogP contribution in [0.5, 0.6) is 0 Å². The SMILES string of the molecule is C=N/C=C\C(=C/C)c1ccc(Nc2cccc(C(=C)Nc3cccc(F)c3)c2)cc1. The quantitative estimate of drug-likeness (QED) is 0.310. The van der Waals surface area contributed by atoms with Crippen LogP contribution in [0.15, 0.2) is 103 Å². The van der Waals surface area contributed by atoms with Crippen molar-refractivity contribution in [1.82, 2.24) is 0 Å². The molecule has 0 fully saturated rings. The van der Waals surface area contributed by atoms with Crippen LogP contribution in [0.25, 0.3) is 11.3 Å². The number of hydrogen-bond donors (Lipinski definition) is 2. The molecule has 3 nitrogen and oxygen atoms in total. The minimum absolute atomic E-state index is 0.288. The second kappa shape index (κ2) is 10.0. The minimum Gasteiger partial charge on any atom is -0.356 e. The summed E-state index contributed by atoms with van der Waals surface area (Å²) in [6.45, 7) is 9.53. The molecule has 0 spiro atoms. The van der Waals surface area contributed by atoms with E-state index in [0.29, 0.717) is 11.4 Å². The van der Waals surface area contributed by atoms with Crippen LogP contribution in [0, 0.1) is 5.82 Å². The predicted octanol–water partition coefficient (Wildman–Crippen LogP) is 7.27. The Morgan fingerprint density at radius 3 is 2.33 bits per heavy atom. The fourth-order valence-corrected chi connectivity index (χ4v) is 3.00. The second-order valence-corrected chi connectivity index (χ2v) is 6.64. The molecule has 0 bridgehead atoms. The lowest BCUT2D eigenvalue weighted by Crippen LogP contribution is -1.99. The molecule has 150 valence electrons. The molecule has 0 heterocycles. The van der Waals surface area contributed by atoms with Crippen LogP contribution in [0.4, 0.5) is 21.5 Å². The maximum atomic E-state index is 13.4. The number of nitrogens with one attached hydrogen (secondary N) is 2. The van der Waals surface area contributed by atoms with Crippen LogP contribution in [0.2, 0.25) is 0 Å². The highest BCUT2D eigenvalue weighted by atomic mass is 19.1. The summed E-state index contributed by atoms with van der Waals surface area (Å²) in [5, 5.41) is 6.55. The minimum atomic E-state index is -0.288. The van der Waals surface area contributed by atoms with Crippen LogP contribution in [-0.2, 0) is 0 Å². The lowest BCUT2D eigenvalue weighted by Gasteiger charge is -2.13. The normalized spacial score (nSPS) is 11.3. The van der Waals surface area contributed by atoms with Gasteiger partial charge in [0, 0.05) is 29.0 Å². The Bertz CT molecular complexity index is 1100. The first-order chi connectivity index (χ1) is 14.6. The molecule has 0 amide bonds. The van der Waals surface area contributed by atoms with E-state index in [1.54, 1.807) is 18.3 Å². The summed E-state index contributed by atoms with van der Waals surface area (Å²) < 4.78 is 13.4. The lowest BCUT2D eigenvalue weighted by atomic mass is 10.1. The molecule has 0 atom stereocenters. The molecule has 0 aromatic heterocycles. The van der Waals surface area contributed by atoms with Crippen LogP contribution >= 0.6 is 0 Å². The van der Waals surface area contributed by atoms with Crippen molar-refractivity contribution in [1.29, 1.82) is 0 Å². The van der Waals surface area contributed by atoms with Gasteiger partial charge in [-0.1, -0.05) is 43.0 Å². The van der Waals surface area contributed by atoms with Gasteiger partial charge in [0.05, 0.1) is 0 Å². The van der Waals surface area contributed by atoms with Crippen LogP contribution < -0.4 is 10.6 Å². The third-order valence-electron chi connectivity index (χ3n) is 4.51. The van der Waals surface area contributed by atoms with Gasteiger partial charge in [-0.3, -0.25) is 4.99 Å². The van der Waals surface area contributed by atoms with Gasteiger partial charge in [-0.15, -0.1) is 0 Å². The smallest absolute Gasteiger partial charge is 0.125 e. The van der Waals surface area contributed by atoms with E-state index in [-0.39, 0.29) is 5.82 Å². The Labute approximate surface area is 177 Å². The van der Waals surface area contributed by atoms with Crippen molar-refractivity contribution in [2.45, 2.75) is 6.92 Å². The topological polar surface area (TPSA) is 36.4 Å². The molecule has 0 aliphatic heterocycles. The highest BCUT2D eigenvalue weighted by Crippen LogP contribution is 2.24. The molecular formula is C26H24FN3. The maximum absolute atomic E-state index is 13.4. The number of aliphatic imine (C=N–C) groups is 1. The first-order valence-corrected chi connectivity index (χ1v) is 9.57. The predicted molar refractivity (Wildman–Crippen MR) is 128 cm³/mol. The van der Waals surface area contributed by atoms with Crippen molar-refractivity contribution in [2.75, 3.05) is 10.6 Å². The standard InChI is InChI=1S/C26H24FN3/c1-4-20(15-16-28-3)21-11-13-24(14-12-21)30-25-9-5-7-22(17-25)19(2)29-26-10-6-8-23(27)18-26/h4-18,29-30H,2-3H2,1H3/b16-15-,20-4+. The molecule has 0 aliphatic rings. The summed E-state index contributed by atoms with van der Waals surface area (Å²) in [7, 11) is 0. The number of benzene rings is 3. The zero-order chi connectivity index (χ0) is 21.3. The molecule has 3 aromatic rings. The van der Waals surface area contributed by atoms with Gasteiger partial charge in [0.2, 0.25) is 0 Å². The third-order valence-corrected chi connectivity index (χ3v) is 4.51. The van der Waals surface area contributed by atoms with Crippen molar-refractivity contribution in [3.8, 4) is 0 Å². The molecule has 0 saturated heterocycles. The van der Waals surface area contributed by atoms with Crippen molar-refractivity contribution < 1.29 is 4.39 Å². The fraction of sp³-hybridized carbons (Fsp3) is 0.0385. The fourth-order valence-electron chi connectivity index (χ4n) is 3.00. The van der Waals surface area contributed by atoms with E-state index < -0.39 is 0 Å². The van der Waals surface area contributed by atoms with E-state index in [9.17, 15) is 4.39 Å². The average molecular weight is 397 g/mol. The Morgan fingerprint density at radius 1 is 0.900 bits per heavy atom. The molecule has 30 heavy (non-hydrogen) atoms. The Balaban J connectivity index is 1.71. The molecule has 0 radical (unpaired) electrons. The number of allylic oxidation sites excluding steroid dienone is 3. The first kappa shape index (κ1) is 20.8. The molecule has 3 aromatic carbocycles. The number of hydrogen-bond acceptors (Lipinski definition) is 3. The Morgan fingerprint density at radius 2 is 1.63 bits per heavy atom. The van der Waals surface area contributed by atoms with Gasteiger partial charge in [0.1, 0.15) is 5.82 Å². The summed E-state index contributed by atoms with van der Waals surface area (Å²) in [6.07, 6.45) is 5.64. The van der Waals surface area contributed by atoms with Crippen LogP contribution in [0.1, 0.15) is 18.1 Å². The van der Waals surface area contributed by atoms with E-state index in [4.69, 9.17) is 0 Å². The lowest BCUT2D eigenvalue weighted by molar-refractivity contribution is 0.628. The molecule has 2 N–H and O–H groups in total. The van der Waals surface area contributed by atoms with E-state index in [2.05, 4.69) is 41.1 Å². The maximum Gasteiger partial charge on any atom is 0.125 e. The third kappa shape index (κ3) is 5.55. The van der Waals surface area contributed by atoms with Crippen LogP contribution in [0.3, 0.4) is 0 Å². The molecule has 0 unspecified atom stereocenters. The number of halogens is 1. The number of nitrogens with zero attached hydrogens (tertiary/aromatic N) is 1. The van der Waals surface area contributed by atoms with Crippen molar-refractivity contribution in [3.05, 3.63) is 115 Å². The van der Waals surface area contributed by atoms with Crippen molar-refractivity contribution >= 4 is 35.0 Å². The molecule has 3 rings (SSSR count). The molecule has 4 heteroatoms. The van der Waals surface area contributed by atoms with Gasteiger partial charge in [-0.2, -0.15) is 0 Å². The van der Waals surface area contributed by atoms with E-state index in [1.807, 2.05) is 55.5 Å². The van der Waals surface area contributed by atoms with Gasteiger partial charge in [-0.25, -0.2) is 4.39 Å². The van der Waals surface area contributed by atoms with Crippen molar-refractivity contribution in [2.24, 2.45) is 4.99 Å². The van der Waals surface area contributed by atoms with Crippen molar-refractivity contribution in [3.63, 3.8) is 0 Å². The van der Waals surface area contributed by atoms with Crippen LogP contribution in [-0.4, -0.2) is 6.72 Å². The van der Waals surface area contributed by atoms with Gasteiger partial charge in [-0.05, 0) is 78.9 Å². The molecular weight excluding hydrogens is 373 g/mol. The first-order valence-electron chi connectivity index (χ1n) is 9.57. The van der Waals surface area contributed by atoms with E-state index in [0.717, 1.165) is 28.1 Å². The summed E-state index contributed by atoms with van der Waals surface area (Å²) in [4.78, 5) is 3.76. The Hall–Kier alpha value is -3.92. The highest BCUT2D eigenvalue weighted by molar-refractivity contribution is 5.78. The Kier molecular flexibility index (Phi) is 6.95. The summed E-state index contributed by atoms with van der Waals surface area (Å²) in [5.41, 5.74) is 6.36. The monoisotopic (exact) mass is 397 g/mol. The summed E-state index contributed by atoms with van der Waals surface area (Å²) >= 11 is 0. The number of anilines is 3. The zero-order valence-corrected chi connectivity index (χ0v) is 16.9. The van der Waals surface area contributed by atoms with Gasteiger partial charge < -0.3 is 10.6 Å². The van der Waals surface area contributed by atoms with Gasteiger partial charge in [0.15, 0.2) is 0 Å². The summed E-state index contributed by atoms with van der Waals surface area (Å²) in [6, 6.07) is 22.4. The van der Waals surface area contributed by atoms with Gasteiger partial charge >= 0.3 is 0 Å². The van der Waals surface area contributed by atoms with E-state index in [1.165, 1.54) is 12.1 Å². The number of rotatable bonds is 8. The van der Waals surface area contributed by atoms with Gasteiger partial charge in [0.25, 0.3) is 0 Å². The molecule has 0 saturated carbocycles. The largest absolute Gasteiger partial charge is 0.356 e. The van der Waals surface area contributed by atoms with E-state index >= 15 is 0 Å².